The number of nitrogens with one attached hydrogen (secondary N) is 1. The van der Waals surface area contributed by atoms with Gasteiger partial charge in [0.25, 0.3) is 17.7 Å². The van der Waals surface area contributed by atoms with Crippen molar-refractivity contribution in [1.82, 2.24) is 4.90 Å². The number of nitrogens with zero attached hydrogens (tertiary/aromatic N) is 1. The number of amides is 3. The summed E-state index contributed by atoms with van der Waals surface area (Å²) in [6, 6.07) is 9.87. The SMILES string of the molecule is Cc1ccc(C)c(NC(=O)COC(=O)c2ccc3c(c2)C(=O)N(C[C@@H]2CCCO2)C3=O)c1. The summed E-state index contributed by atoms with van der Waals surface area (Å²) in [7, 11) is 0. The highest BCUT2D eigenvalue weighted by molar-refractivity contribution is 6.22. The molecular formula is C24H24N2O6. The molecule has 3 amide bonds. The van der Waals surface area contributed by atoms with Crippen molar-refractivity contribution >= 4 is 29.4 Å². The molecule has 0 spiro atoms. The molecule has 1 atom stereocenters. The third kappa shape index (κ3) is 4.40. The summed E-state index contributed by atoms with van der Waals surface area (Å²) in [4.78, 5) is 51.1. The third-order valence-electron chi connectivity index (χ3n) is 5.62. The zero-order chi connectivity index (χ0) is 22.8. The first-order chi connectivity index (χ1) is 15.3. The molecule has 2 aliphatic heterocycles. The number of esters is 1. The lowest BCUT2D eigenvalue weighted by Crippen LogP contribution is -2.36. The van der Waals surface area contributed by atoms with Gasteiger partial charge >= 0.3 is 5.97 Å². The Hall–Kier alpha value is -3.52. The molecule has 4 rings (SSSR count). The number of benzene rings is 2. The van der Waals surface area contributed by atoms with Crippen molar-refractivity contribution in [2.24, 2.45) is 0 Å². The maximum Gasteiger partial charge on any atom is 0.338 e. The number of carbonyl (C=O) groups is 4. The van der Waals surface area contributed by atoms with Crippen LogP contribution in [0.4, 0.5) is 5.69 Å². The van der Waals surface area contributed by atoms with Crippen molar-refractivity contribution in [1.29, 1.82) is 0 Å². The van der Waals surface area contributed by atoms with Gasteiger partial charge in [0, 0.05) is 12.3 Å². The fourth-order valence-electron chi connectivity index (χ4n) is 3.85. The van der Waals surface area contributed by atoms with Gasteiger partial charge in [-0.3, -0.25) is 19.3 Å². The number of rotatable bonds is 6. The number of aryl methyl sites for hydroxylation is 2. The Morgan fingerprint density at radius 2 is 1.88 bits per heavy atom. The lowest BCUT2D eigenvalue weighted by molar-refractivity contribution is -0.119. The quantitative estimate of drug-likeness (QED) is 0.552. The molecule has 32 heavy (non-hydrogen) atoms. The van der Waals surface area contributed by atoms with E-state index >= 15 is 0 Å². The van der Waals surface area contributed by atoms with E-state index in [4.69, 9.17) is 9.47 Å². The summed E-state index contributed by atoms with van der Waals surface area (Å²) in [5.74, 6) is -2.07. The normalized spacial score (nSPS) is 17.4. The van der Waals surface area contributed by atoms with Gasteiger partial charge in [0.15, 0.2) is 6.61 Å². The Kier molecular flexibility index (Phi) is 6.05. The molecule has 0 aliphatic carbocycles. The maximum absolute atomic E-state index is 12.7. The highest BCUT2D eigenvalue weighted by Crippen LogP contribution is 2.26. The Bertz CT molecular complexity index is 1100. The van der Waals surface area contributed by atoms with E-state index in [1.165, 1.54) is 18.2 Å². The number of fused-ring (bicyclic) bond motifs is 1. The molecule has 0 bridgehead atoms. The first-order valence-corrected chi connectivity index (χ1v) is 10.5. The summed E-state index contributed by atoms with van der Waals surface area (Å²) in [6.07, 6.45) is 1.55. The molecule has 0 radical (unpaired) electrons. The van der Waals surface area contributed by atoms with Crippen molar-refractivity contribution in [3.8, 4) is 0 Å². The van der Waals surface area contributed by atoms with Crippen LogP contribution >= 0.6 is 0 Å². The van der Waals surface area contributed by atoms with Crippen molar-refractivity contribution in [2.75, 3.05) is 25.1 Å². The zero-order valence-corrected chi connectivity index (χ0v) is 18.0. The summed E-state index contributed by atoms with van der Waals surface area (Å²) < 4.78 is 10.6. The van der Waals surface area contributed by atoms with Gasteiger partial charge in [0.2, 0.25) is 0 Å². The number of ether oxygens (including phenoxy) is 2. The molecule has 8 nitrogen and oxygen atoms in total. The monoisotopic (exact) mass is 436 g/mol. The Morgan fingerprint density at radius 1 is 1.09 bits per heavy atom. The average molecular weight is 436 g/mol. The van der Waals surface area contributed by atoms with E-state index in [1.807, 2.05) is 32.0 Å². The molecule has 0 saturated carbocycles. The molecule has 1 saturated heterocycles. The maximum atomic E-state index is 12.7. The van der Waals surface area contributed by atoms with E-state index in [9.17, 15) is 19.2 Å². The summed E-state index contributed by atoms with van der Waals surface area (Å²) in [5, 5.41) is 2.72. The van der Waals surface area contributed by atoms with Gasteiger partial charge < -0.3 is 14.8 Å². The highest BCUT2D eigenvalue weighted by Gasteiger charge is 2.38. The van der Waals surface area contributed by atoms with Gasteiger partial charge in [-0.1, -0.05) is 12.1 Å². The van der Waals surface area contributed by atoms with Crippen molar-refractivity contribution in [2.45, 2.75) is 32.8 Å². The molecule has 0 unspecified atom stereocenters. The number of hydrogen-bond acceptors (Lipinski definition) is 6. The third-order valence-corrected chi connectivity index (χ3v) is 5.62. The first-order valence-electron chi connectivity index (χ1n) is 10.5. The lowest BCUT2D eigenvalue weighted by Gasteiger charge is -2.17. The topological polar surface area (TPSA) is 102 Å². The van der Waals surface area contributed by atoms with Crippen LogP contribution in [0.5, 0.6) is 0 Å². The van der Waals surface area contributed by atoms with Crippen LogP contribution in [-0.2, 0) is 14.3 Å². The fraction of sp³-hybridized carbons (Fsp3) is 0.333. The first kappa shape index (κ1) is 21.7. The lowest BCUT2D eigenvalue weighted by atomic mass is 10.1. The predicted molar refractivity (Wildman–Crippen MR) is 116 cm³/mol. The van der Waals surface area contributed by atoms with Gasteiger partial charge in [-0.05, 0) is 62.1 Å². The molecule has 166 valence electrons. The second-order valence-electron chi connectivity index (χ2n) is 8.06. The van der Waals surface area contributed by atoms with Crippen molar-refractivity contribution < 1.29 is 28.7 Å². The van der Waals surface area contributed by atoms with E-state index in [1.54, 1.807) is 0 Å². The molecule has 2 aromatic rings. The molecule has 1 N–H and O–H groups in total. The Balaban J connectivity index is 1.39. The van der Waals surface area contributed by atoms with Gasteiger partial charge in [-0.15, -0.1) is 0 Å². The van der Waals surface area contributed by atoms with Crippen LogP contribution in [0.15, 0.2) is 36.4 Å². The molecule has 1 fully saturated rings. The smallest absolute Gasteiger partial charge is 0.338 e. The molecule has 2 heterocycles. The number of imide groups is 1. The predicted octanol–water partition coefficient (Wildman–Crippen LogP) is 2.87. The molecule has 2 aromatic carbocycles. The van der Waals surface area contributed by atoms with Crippen LogP contribution in [0.25, 0.3) is 0 Å². The average Bonchev–Trinajstić information content (AvgIpc) is 3.37. The van der Waals surface area contributed by atoms with Crippen molar-refractivity contribution in [3.63, 3.8) is 0 Å². The number of anilines is 1. The summed E-state index contributed by atoms with van der Waals surface area (Å²) in [5.41, 5.74) is 3.04. The molecule has 8 heteroatoms. The van der Waals surface area contributed by atoms with Gasteiger partial charge in [-0.2, -0.15) is 0 Å². The second-order valence-corrected chi connectivity index (χ2v) is 8.06. The number of hydrogen-bond donors (Lipinski definition) is 1. The van der Waals surface area contributed by atoms with Crippen LogP contribution < -0.4 is 5.32 Å². The van der Waals surface area contributed by atoms with Crippen molar-refractivity contribution in [3.05, 3.63) is 64.2 Å². The Morgan fingerprint density at radius 3 is 2.62 bits per heavy atom. The van der Waals surface area contributed by atoms with E-state index in [0.717, 1.165) is 28.9 Å². The van der Waals surface area contributed by atoms with Crippen LogP contribution in [0, 0.1) is 13.8 Å². The Labute approximate surface area is 185 Å². The van der Waals surface area contributed by atoms with E-state index in [2.05, 4.69) is 5.32 Å². The van der Waals surface area contributed by atoms with Gasteiger partial charge in [-0.25, -0.2) is 4.79 Å². The van der Waals surface area contributed by atoms with E-state index in [-0.39, 0.29) is 29.3 Å². The van der Waals surface area contributed by atoms with Crippen LogP contribution in [0.1, 0.15) is 55.0 Å². The van der Waals surface area contributed by atoms with Crippen LogP contribution in [0.3, 0.4) is 0 Å². The minimum atomic E-state index is -0.748. The fourth-order valence-corrected chi connectivity index (χ4v) is 3.85. The molecule has 0 aromatic heterocycles. The summed E-state index contributed by atoms with van der Waals surface area (Å²) >= 11 is 0. The van der Waals surface area contributed by atoms with Gasteiger partial charge in [0.05, 0.1) is 29.3 Å². The largest absolute Gasteiger partial charge is 0.452 e. The number of carbonyl (C=O) groups excluding carboxylic acids is 4. The van der Waals surface area contributed by atoms with Crippen LogP contribution in [0.2, 0.25) is 0 Å². The van der Waals surface area contributed by atoms with E-state index < -0.39 is 30.3 Å². The molecule has 2 aliphatic rings. The second kappa shape index (κ2) is 8.92. The minimum absolute atomic E-state index is 0.100. The minimum Gasteiger partial charge on any atom is -0.452 e. The van der Waals surface area contributed by atoms with E-state index in [0.29, 0.717) is 12.3 Å². The zero-order valence-electron chi connectivity index (χ0n) is 18.0. The van der Waals surface area contributed by atoms with Crippen LogP contribution in [-0.4, -0.2) is 54.5 Å². The standard InChI is InChI=1S/C24H24N2O6/c1-14-5-6-15(2)20(10-14)25-21(27)13-32-24(30)16-7-8-18-19(11-16)23(29)26(22(18)28)12-17-4-3-9-31-17/h5-8,10-11,17H,3-4,9,12-13H2,1-2H3,(H,25,27)/t17-/m0/s1. The highest BCUT2D eigenvalue weighted by atomic mass is 16.5. The van der Waals surface area contributed by atoms with Gasteiger partial charge in [0.1, 0.15) is 0 Å². The molecular weight excluding hydrogens is 412 g/mol. The summed E-state index contributed by atoms with van der Waals surface area (Å²) in [6.45, 7) is 4.13.